The molecule has 1 aromatic rings. The maximum atomic E-state index is 11.4. The van der Waals surface area contributed by atoms with Crippen LogP contribution < -0.4 is 16.0 Å². The molecule has 0 spiro atoms. The number of hydrogen-bond acceptors (Lipinski definition) is 4. The van der Waals surface area contributed by atoms with Gasteiger partial charge in [-0.15, -0.1) is 35.3 Å². The van der Waals surface area contributed by atoms with E-state index < -0.39 is 0 Å². The number of amides is 3. The summed E-state index contributed by atoms with van der Waals surface area (Å²) in [5, 5.41) is 10.8. The van der Waals surface area contributed by atoms with E-state index in [2.05, 4.69) is 39.3 Å². The second-order valence-electron chi connectivity index (χ2n) is 4.58. The zero-order chi connectivity index (χ0) is 15.2. The van der Waals surface area contributed by atoms with E-state index in [1.54, 1.807) is 18.4 Å². The molecular weight excluding hydrogens is 417 g/mol. The van der Waals surface area contributed by atoms with Crippen molar-refractivity contribution in [3.8, 4) is 0 Å². The molecule has 3 N–H and O–H groups in total. The summed E-state index contributed by atoms with van der Waals surface area (Å²) in [6, 6.07) is 1.74. The number of carbonyl (C=O) groups is 2. The number of nitrogens with one attached hydrogen (secondary N) is 3. The molecule has 7 nitrogen and oxygen atoms in total. The largest absolute Gasteiger partial charge is 0.355 e. The third kappa shape index (κ3) is 4.83. The second-order valence-corrected chi connectivity index (χ2v) is 5.58. The predicted molar refractivity (Wildman–Crippen MR) is 97.8 cm³/mol. The summed E-state index contributed by atoms with van der Waals surface area (Å²) >= 11 is 1.70. The van der Waals surface area contributed by atoms with Crippen LogP contribution in [0.15, 0.2) is 16.4 Å². The van der Waals surface area contributed by atoms with Gasteiger partial charge in [0.05, 0.1) is 13.1 Å². The Labute approximate surface area is 150 Å². The molecule has 0 aromatic carbocycles. The summed E-state index contributed by atoms with van der Waals surface area (Å²) in [4.78, 5) is 29.4. The van der Waals surface area contributed by atoms with Crippen molar-refractivity contribution in [2.45, 2.75) is 13.5 Å². The van der Waals surface area contributed by atoms with Gasteiger partial charge in [0.2, 0.25) is 5.91 Å². The number of aryl methyl sites for hydroxylation is 1. The van der Waals surface area contributed by atoms with Crippen molar-refractivity contribution in [3.63, 3.8) is 0 Å². The van der Waals surface area contributed by atoms with Crippen molar-refractivity contribution in [3.05, 3.63) is 21.9 Å². The first-order chi connectivity index (χ1) is 10.1. The number of thiophene rings is 1. The van der Waals surface area contributed by atoms with Gasteiger partial charge in [-0.25, -0.2) is 4.79 Å². The average Bonchev–Trinajstić information content (AvgIpc) is 3.02. The van der Waals surface area contributed by atoms with Crippen LogP contribution in [0.5, 0.6) is 0 Å². The molecule has 122 valence electrons. The van der Waals surface area contributed by atoms with Crippen LogP contribution in [0.3, 0.4) is 0 Å². The van der Waals surface area contributed by atoms with Crippen LogP contribution in [0, 0.1) is 6.92 Å². The Bertz CT molecular complexity index is 544. The first-order valence-electron chi connectivity index (χ1n) is 6.67. The minimum Gasteiger partial charge on any atom is -0.355 e. The monoisotopic (exact) mass is 437 g/mol. The van der Waals surface area contributed by atoms with Gasteiger partial charge in [0.25, 0.3) is 0 Å². The highest BCUT2D eigenvalue weighted by Crippen LogP contribution is 2.14. The summed E-state index contributed by atoms with van der Waals surface area (Å²) in [6.45, 7) is 3.64. The van der Waals surface area contributed by atoms with Crippen LogP contribution in [0.2, 0.25) is 0 Å². The van der Waals surface area contributed by atoms with Crippen LogP contribution in [0.25, 0.3) is 0 Å². The van der Waals surface area contributed by atoms with Crippen molar-refractivity contribution in [1.82, 2.24) is 20.9 Å². The Hall–Kier alpha value is -1.36. The van der Waals surface area contributed by atoms with E-state index >= 15 is 0 Å². The fraction of sp³-hybridized carbons (Fsp3) is 0.462. The molecule has 1 aliphatic heterocycles. The molecule has 1 saturated heterocycles. The lowest BCUT2D eigenvalue weighted by molar-refractivity contribution is -0.124. The molecule has 0 atom stereocenters. The number of imide groups is 1. The summed E-state index contributed by atoms with van der Waals surface area (Å²) < 4.78 is 0. The normalized spacial score (nSPS) is 14.6. The maximum Gasteiger partial charge on any atom is 0.324 e. The lowest BCUT2D eigenvalue weighted by Gasteiger charge is -2.15. The Kier molecular flexibility index (Phi) is 7.59. The van der Waals surface area contributed by atoms with Crippen LogP contribution >= 0.6 is 35.3 Å². The molecule has 1 aromatic heterocycles. The molecule has 9 heteroatoms. The van der Waals surface area contributed by atoms with Gasteiger partial charge in [-0.05, 0) is 23.9 Å². The van der Waals surface area contributed by atoms with Gasteiger partial charge in [0.15, 0.2) is 5.96 Å². The molecular formula is C13H20IN5O2S. The van der Waals surface area contributed by atoms with E-state index in [1.165, 1.54) is 15.3 Å². The van der Waals surface area contributed by atoms with Crippen LogP contribution in [-0.2, 0) is 11.3 Å². The van der Waals surface area contributed by atoms with E-state index in [1.807, 2.05) is 0 Å². The zero-order valence-electron chi connectivity index (χ0n) is 12.5. The molecule has 1 aliphatic rings. The number of hydrogen-bond donors (Lipinski definition) is 3. The number of nitrogens with zero attached hydrogens (tertiary/aromatic N) is 2. The Morgan fingerprint density at radius 3 is 2.77 bits per heavy atom. The van der Waals surface area contributed by atoms with E-state index in [-0.39, 0.29) is 42.5 Å². The molecule has 2 heterocycles. The summed E-state index contributed by atoms with van der Waals surface area (Å²) in [5.41, 5.74) is 1.25. The molecule has 0 bridgehead atoms. The summed E-state index contributed by atoms with van der Waals surface area (Å²) in [7, 11) is 1.68. The van der Waals surface area contributed by atoms with E-state index in [9.17, 15) is 9.59 Å². The van der Waals surface area contributed by atoms with Gasteiger partial charge in [-0.2, -0.15) is 0 Å². The molecule has 0 radical (unpaired) electrons. The van der Waals surface area contributed by atoms with Crippen molar-refractivity contribution in [2.75, 3.05) is 26.7 Å². The third-order valence-corrected chi connectivity index (χ3v) is 4.20. The quantitative estimate of drug-likeness (QED) is 0.277. The van der Waals surface area contributed by atoms with Crippen LogP contribution in [0.4, 0.5) is 4.79 Å². The lowest BCUT2D eigenvalue weighted by Crippen LogP contribution is -2.42. The van der Waals surface area contributed by atoms with Crippen molar-refractivity contribution >= 4 is 53.2 Å². The van der Waals surface area contributed by atoms with Gasteiger partial charge >= 0.3 is 6.03 Å². The van der Waals surface area contributed by atoms with E-state index in [4.69, 9.17) is 0 Å². The Morgan fingerprint density at radius 1 is 1.45 bits per heavy atom. The smallest absolute Gasteiger partial charge is 0.324 e. The highest BCUT2D eigenvalue weighted by molar-refractivity contribution is 14.0. The third-order valence-electron chi connectivity index (χ3n) is 3.17. The number of rotatable bonds is 5. The van der Waals surface area contributed by atoms with Crippen molar-refractivity contribution < 1.29 is 9.59 Å². The molecule has 1 fully saturated rings. The van der Waals surface area contributed by atoms with Gasteiger partial charge in [0, 0.05) is 25.0 Å². The molecule has 0 aliphatic carbocycles. The fourth-order valence-electron chi connectivity index (χ4n) is 1.94. The number of carbonyl (C=O) groups excluding carboxylic acids is 2. The minimum absolute atomic E-state index is 0. The fourth-order valence-corrected chi connectivity index (χ4v) is 2.78. The van der Waals surface area contributed by atoms with E-state index in [0.717, 1.165) is 0 Å². The standard InChI is InChI=1S/C13H19N5O2S.HI/c1-9-3-6-21-10(9)7-16-12(14-2)15-4-5-18-11(19)8-17-13(18)20;/h3,6H,4-5,7-8H2,1-2H3,(H,17,20)(H2,14,15,16);1H. The first-order valence-corrected chi connectivity index (χ1v) is 7.55. The molecule has 2 rings (SSSR count). The highest BCUT2D eigenvalue weighted by atomic mass is 127. The number of guanidine groups is 1. The topological polar surface area (TPSA) is 85.8 Å². The van der Waals surface area contributed by atoms with Gasteiger partial charge in [-0.3, -0.25) is 14.7 Å². The summed E-state index contributed by atoms with van der Waals surface area (Å²) in [5.74, 6) is 0.453. The SMILES string of the molecule is CN=C(NCCN1C(=O)CNC1=O)NCc1sccc1C.I. The highest BCUT2D eigenvalue weighted by Gasteiger charge is 2.27. The average molecular weight is 437 g/mol. The Balaban J connectivity index is 0.00000242. The van der Waals surface area contributed by atoms with Gasteiger partial charge in [-0.1, -0.05) is 0 Å². The minimum atomic E-state index is -0.334. The lowest BCUT2D eigenvalue weighted by atomic mass is 10.3. The summed E-state index contributed by atoms with van der Waals surface area (Å²) in [6.07, 6.45) is 0. The number of urea groups is 1. The van der Waals surface area contributed by atoms with Gasteiger partial charge < -0.3 is 16.0 Å². The predicted octanol–water partition coefficient (Wildman–Crippen LogP) is 0.891. The first kappa shape index (κ1) is 18.7. The van der Waals surface area contributed by atoms with Crippen LogP contribution in [0.1, 0.15) is 10.4 Å². The molecule has 22 heavy (non-hydrogen) atoms. The van der Waals surface area contributed by atoms with E-state index in [0.29, 0.717) is 25.6 Å². The second kappa shape index (κ2) is 8.93. The Morgan fingerprint density at radius 2 is 2.23 bits per heavy atom. The number of aliphatic imine (C=N–C) groups is 1. The van der Waals surface area contributed by atoms with Crippen molar-refractivity contribution in [2.24, 2.45) is 4.99 Å². The zero-order valence-corrected chi connectivity index (χ0v) is 15.7. The van der Waals surface area contributed by atoms with Crippen LogP contribution in [-0.4, -0.2) is 49.5 Å². The number of halogens is 1. The maximum absolute atomic E-state index is 11.4. The molecule has 3 amide bonds. The van der Waals surface area contributed by atoms with Crippen molar-refractivity contribution in [1.29, 1.82) is 0 Å². The van der Waals surface area contributed by atoms with Gasteiger partial charge in [0.1, 0.15) is 0 Å². The molecule has 0 unspecified atom stereocenters. The molecule has 0 saturated carbocycles.